The van der Waals surface area contributed by atoms with E-state index in [4.69, 9.17) is 11.6 Å². The van der Waals surface area contributed by atoms with Crippen molar-refractivity contribution in [2.24, 2.45) is 0 Å². The number of hydrogen-bond acceptors (Lipinski definition) is 2. The maximum atomic E-state index is 12.0. The molecule has 0 radical (unpaired) electrons. The fourth-order valence-electron chi connectivity index (χ4n) is 1.87. The van der Waals surface area contributed by atoms with Crippen molar-refractivity contribution < 1.29 is 4.39 Å². The van der Waals surface area contributed by atoms with Crippen molar-refractivity contribution in [3.63, 3.8) is 0 Å². The van der Waals surface area contributed by atoms with Gasteiger partial charge in [-0.2, -0.15) is 0 Å². The van der Waals surface area contributed by atoms with Crippen LogP contribution in [-0.2, 0) is 0 Å². The molecule has 0 saturated carbocycles. The Morgan fingerprint density at radius 2 is 1.64 bits per heavy atom. The largest absolute Gasteiger partial charge is 0.302 e. The van der Waals surface area contributed by atoms with Gasteiger partial charge in [0.15, 0.2) is 0 Å². The van der Waals surface area contributed by atoms with Crippen molar-refractivity contribution in [1.29, 1.82) is 0 Å². The predicted molar refractivity (Wildman–Crippen MR) is 58.8 cm³/mol. The highest BCUT2D eigenvalue weighted by Crippen LogP contribution is 2.03. The Kier molecular flexibility index (Phi) is 6.48. The lowest BCUT2D eigenvalue weighted by molar-refractivity contribution is 0.254. The maximum absolute atomic E-state index is 12.0. The molecule has 0 aromatic carbocycles. The lowest BCUT2D eigenvalue weighted by atomic mass is 10.3. The van der Waals surface area contributed by atoms with Gasteiger partial charge in [-0.15, -0.1) is 11.6 Å². The summed E-state index contributed by atoms with van der Waals surface area (Å²) in [6.45, 7) is 6.10. The van der Waals surface area contributed by atoms with Gasteiger partial charge in [0, 0.05) is 32.1 Å². The number of halogens is 2. The average Bonchev–Trinajstić information content (AvgIpc) is 2.41. The van der Waals surface area contributed by atoms with Crippen LogP contribution in [0.4, 0.5) is 4.39 Å². The molecule has 1 heterocycles. The maximum Gasteiger partial charge on any atom is 0.0906 e. The summed E-state index contributed by atoms with van der Waals surface area (Å²) >= 11 is 5.70. The predicted octanol–water partition coefficient (Wildman–Crippen LogP) is 1.59. The first-order valence-corrected chi connectivity index (χ1v) is 5.97. The molecule has 0 aromatic rings. The molecule has 0 N–H and O–H groups in total. The second kappa shape index (κ2) is 7.43. The van der Waals surface area contributed by atoms with Crippen molar-refractivity contribution >= 4 is 11.6 Å². The van der Waals surface area contributed by atoms with Crippen molar-refractivity contribution in [1.82, 2.24) is 9.80 Å². The van der Waals surface area contributed by atoms with Crippen molar-refractivity contribution in [3.05, 3.63) is 0 Å². The molecule has 1 saturated heterocycles. The van der Waals surface area contributed by atoms with Crippen LogP contribution in [0, 0.1) is 0 Å². The highest BCUT2D eigenvalue weighted by molar-refractivity contribution is 6.18. The highest BCUT2D eigenvalue weighted by Gasteiger charge is 2.13. The molecule has 0 aromatic heterocycles. The summed E-state index contributed by atoms with van der Waals surface area (Å²) in [5.41, 5.74) is 0. The first kappa shape index (κ1) is 12.2. The van der Waals surface area contributed by atoms with Gasteiger partial charge >= 0.3 is 0 Å². The molecule has 2 nitrogen and oxygen atoms in total. The zero-order valence-electron chi connectivity index (χ0n) is 8.72. The van der Waals surface area contributed by atoms with Crippen molar-refractivity contribution in [2.75, 3.05) is 51.8 Å². The third-order valence-corrected chi connectivity index (χ3v) is 2.86. The summed E-state index contributed by atoms with van der Waals surface area (Å²) in [5.74, 6) is 0.713. The van der Waals surface area contributed by atoms with Crippen molar-refractivity contribution in [2.45, 2.75) is 12.8 Å². The number of rotatable bonds is 5. The molecule has 0 unspecified atom stereocenters. The second-order valence-electron chi connectivity index (χ2n) is 3.77. The lowest BCUT2D eigenvalue weighted by Crippen LogP contribution is -2.32. The molecule has 0 spiro atoms. The van der Waals surface area contributed by atoms with Crippen LogP contribution in [0.3, 0.4) is 0 Å². The van der Waals surface area contributed by atoms with E-state index in [-0.39, 0.29) is 6.67 Å². The quantitative estimate of drug-likeness (QED) is 0.652. The van der Waals surface area contributed by atoms with E-state index in [9.17, 15) is 4.39 Å². The molecule has 1 rings (SSSR count). The van der Waals surface area contributed by atoms with Crippen LogP contribution in [-0.4, -0.2) is 61.6 Å². The van der Waals surface area contributed by atoms with E-state index >= 15 is 0 Å². The summed E-state index contributed by atoms with van der Waals surface area (Å²) in [6, 6.07) is 0. The van der Waals surface area contributed by atoms with E-state index in [0.717, 1.165) is 39.3 Å². The van der Waals surface area contributed by atoms with E-state index in [0.29, 0.717) is 12.3 Å². The molecule has 1 aliphatic rings. The molecule has 0 atom stereocenters. The Labute approximate surface area is 91.0 Å². The van der Waals surface area contributed by atoms with Gasteiger partial charge in [-0.05, 0) is 25.9 Å². The first-order valence-electron chi connectivity index (χ1n) is 5.43. The normalized spacial score (nSPS) is 21.0. The topological polar surface area (TPSA) is 6.48 Å². The van der Waals surface area contributed by atoms with Crippen molar-refractivity contribution in [3.8, 4) is 0 Å². The molecule has 4 heteroatoms. The van der Waals surface area contributed by atoms with Crippen LogP contribution in [0.25, 0.3) is 0 Å². The zero-order valence-corrected chi connectivity index (χ0v) is 9.48. The van der Waals surface area contributed by atoms with E-state index in [1.54, 1.807) is 0 Å². The minimum Gasteiger partial charge on any atom is -0.302 e. The Morgan fingerprint density at radius 3 is 2.21 bits per heavy atom. The van der Waals surface area contributed by atoms with Gasteiger partial charge in [0.2, 0.25) is 0 Å². The van der Waals surface area contributed by atoms with Crippen LogP contribution in [0.1, 0.15) is 12.8 Å². The fraction of sp³-hybridized carbons (Fsp3) is 1.00. The number of nitrogens with zero attached hydrogens (tertiary/aromatic N) is 2. The van der Waals surface area contributed by atoms with Gasteiger partial charge in [0.25, 0.3) is 0 Å². The zero-order chi connectivity index (χ0) is 10.2. The summed E-state index contributed by atoms with van der Waals surface area (Å²) in [5, 5.41) is 0. The molecule has 0 amide bonds. The molecule has 1 aliphatic heterocycles. The molecule has 1 fully saturated rings. The van der Waals surface area contributed by atoms with E-state index in [1.165, 1.54) is 6.42 Å². The van der Waals surface area contributed by atoms with Gasteiger partial charge in [0.1, 0.15) is 0 Å². The van der Waals surface area contributed by atoms with Gasteiger partial charge in [-0.3, -0.25) is 4.39 Å². The van der Waals surface area contributed by atoms with E-state index in [2.05, 4.69) is 9.80 Å². The Morgan fingerprint density at radius 1 is 1.00 bits per heavy atom. The second-order valence-corrected chi connectivity index (χ2v) is 4.15. The summed E-state index contributed by atoms with van der Waals surface area (Å²) in [7, 11) is 0. The smallest absolute Gasteiger partial charge is 0.0906 e. The third-order valence-electron chi connectivity index (χ3n) is 2.69. The lowest BCUT2D eigenvalue weighted by Gasteiger charge is -2.20. The van der Waals surface area contributed by atoms with E-state index < -0.39 is 0 Å². The Balaban J connectivity index is 2.19. The average molecular weight is 223 g/mol. The van der Waals surface area contributed by atoms with Gasteiger partial charge in [0.05, 0.1) is 6.67 Å². The fourth-order valence-corrected chi connectivity index (χ4v) is 2.11. The SMILES string of the molecule is FCCCN1CCCN(CCCl)CC1. The monoisotopic (exact) mass is 222 g/mol. The minimum absolute atomic E-state index is 0.193. The summed E-state index contributed by atoms with van der Waals surface area (Å²) in [6.07, 6.45) is 1.86. The van der Waals surface area contributed by atoms with Gasteiger partial charge in [-0.1, -0.05) is 0 Å². The highest BCUT2D eigenvalue weighted by atomic mass is 35.5. The van der Waals surface area contributed by atoms with Crippen LogP contribution < -0.4 is 0 Å². The van der Waals surface area contributed by atoms with Gasteiger partial charge < -0.3 is 9.80 Å². The van der Waals surface area contributed by atoms with Crippen LogP contribution in [0.2, 0.25) is 0 Å². The third kappa shape index (κ3) is 4.58. The first-order chi connectivity index (χ1) is 6.86. The number of hydrogen-bond donors (Lipinski definition) is 0. The summed E-state index contributed by atoms with van der Waals surface area (Å²) < 4.78 is 12.0. The Hall–Kier alpha value is 0.140. The standard InChI is InChI=1S/C10H20ClFN2/c11-3-8-14-7-2-6-13(9-10-14)5-1-4-12/h1-10H2. The molecular weight excluding hydrogens is 203 g/mol. The molecular formula is C10H20ClFN2. The van der Waals surface area contributed by atoms with Crippen LogP contribution >= 0.6 is 11.6 Å². The number of alkyl halides is 2. The Bertz CT molecular complexity index is 146. The summed E-state index contributed by atoms with van der Waals surface area (Å²) in [4.78, 5) is 4.75. The molecule has 0 aliphatic carbocycles. The van der Waals surface area contributed by atoms with Crippen LogP contribution in [0.5, 0.6) is 0 Å². The molecule has 14 heavy (non-hydrogen) atoms. The van der Waals surface area contributed by atoms with E-state index in [1.807, 2.05) is 0 Å². The minimum atomic E-state index is -0.193. The van der Waals surface area contributed by atoms with Gasteiger partial charge in [-0.25, -0.2) is 0 Å². The van der Waals surface area contributed by atoms with Crippen LogP contribution in [0.15, 0.2) is 0 Å². The molecule has 84 valence electrons. The molecule has 0 bridgehead atoms.